The molecule has 2 rings (SSSR count). The first-order valence-corrected chi connectivity index (χ1v) is 5.96. The van der Waals surface area contributed by atoms with Crippen molar-refractivity contribution in [3.05, 3.63) is 18.0 Å². The van der Waals surface area contributed by atoms with Gasteiger partial charge in [0.1, 0.15) is 0 Å². The van der Waals surface area contributed by atoms with Crippen LogP contribution in [0.25, 0.3) is 0 Å². The van der Waals surface area contributed by atoms with Crippen molar-refractivity contribution in [3.8, 4) is 0 Å². The van der Waals surface area contributed by atoms with Crippen LogP contribution in [0, 0.1) is 11.3 Å². The normalized spacial score (nSPS) is 19.7. The van der Waals surface area contributed by atoms with E-state index < -0.39 is 0 Å². The lowest BCUT2D eigenvalue weighted by molar-refractivity contribution is 0.115. The van der Waals surface area contributed by atoms with Crippen LogP contribution in [0.5, 0.6) is 0 Å². The second kappa shape index (κ2) is 4.55. The van der Waals surface area contributed by atoms with Gasteiger partial charge in [0.05, 0.1) is 12.8 Å². The van der Waals surface area contributed by atoms with Crippen LogP contribution in [-0.4, -0.2) is 28.0 Å². The first-order valence-electron chi connectivity index (χ1n) is 5.96. The van der Waals surface area contributed by atoms with Gasteiger partial charge < -0.3 is 10.8 Å². The molecule has 0 spiro atoms. The van der Waals surface area contributed by atoms with Crippen molar-refractivity contribution in [2.75, 3.05) is 13.2 Å². The number of aromatic nitrogens is 2. The van der Waals surface area contributed by atoms with Gasteiger partial charge in [-0.25, -0.2) is 0 Å². The number of nitrogens with two attached hydrogens (primary N) is 1. The van der Waals surface area contributed by atoms with Gasteiger partial charge in [-0.05, 0) is 24.3 Å². The SMILES string of the molecule is Cn1cc(CC(CN)(CO)CC2CC2)cn1. The van der Waals surface area contributed by atoms with E-state index in [0.29, 0.717) is 6.54 Å². The zero-order valence-electron chi connectivity index (χ0n) is 9.89. The summed E-state index contributed by atoms with van der Waals surface area (Å²) in [5.74, 6) is 0.785. The Morgan fingerprint density at radius 3 is 2.81 bits per heavy atom. The lowest BCUT2D eigenvalue weighted by atomic mass is 9.78. The molecule has 0 radical (unpaired) electrons. The maximum atomic E-state index is 9.61. The van der Waals surface area contributed by atoms with Crippen molar-refractivity contribution in [1.29, 1.82) is 0 Å². The van der Waals surface area contributed by atoms with Crippen LogP contribution >= 0.6 is 0 Å². The molecule has 3 N–H and O–H groups in total. The summed E-state index contributed by atoms with van der Waals surface area (Å²) in [4.78, 5) is 0. The summed E-state index contributed by atoms with van der Waals surface area (Å²) in [6.45, 7) is 0.726. The fourth-order valence-corrected chi connectivity index (χ4v) is 2.34. The van der Waals surface area contributed by atoms with E-state index in [9.17, 15) is 5.11 Å². The van der Waals surface area contributed by atoms with Crippen molar-refractivity contribution >= 4 is 0 Å². The summed E-state index contributed by atoms with van der Waals surface area (Å²) in [6, 6.07) is 0. The molecule has 1 aliphatic rings. The minimum absolute atomic E-state index is 0.135. The zero-order chi connectivity index (χ0) is 11.6. The summed E-state index contributed by atoms with van der Waals surface area (Å²) in [6.07, 6.45) is 8.36. The van der Waals surface area contributed by atoms with Gasteiger partial charge in [-0.15, -0.1) is 0 Å². The molecule has 0 aliphatic heterocycles. The summed E-state index contributed by atoms with van der Waals surface area (Å²) in [5, 5.41) is 13.8. The van der Waals surface area contributed by atoms with E-state index in [0.717, 1.165) is 18.8 Å². The number of aliphatic hydroxyl groups excluding tert-OH is 1. The average molecular weight is 223 g/mol. The second-order valence-electron chi connectivity index (χ2n) is 5.21. The number of hydrogen-bond acceptors (Lipinski definition) is 3. The minimum atomic E-state index is -0.135. The van der Waals surface area contributed by atoms with E-state index in [2.05, 4.69) is 5.10 Å². The smallest absolute Gasteiger partial charge is 0.0521 e. The van der Waals surface area contributed by atoms with E-state index in [1.165, 1.54) is 18.4 Å². The second-order valence-corrected chi connectivity index (χ2v) is 5.21. The van der Waals surface area contributed by atoms with Crippen LogP contribution in [0.1, 0.15) is 24.8 Å². The number of nitrogens with zero attached hydrogens (tertiary/aromatic N) is 2. The molecule has 0 bridgehead atoms. The fraction of sp³-hybridized carbons (Fsp3) is 0.750. The molecule has 90 valence electrons. The third kappa shape index (κ3) is 2.62. The lowest BCUT2D eigenvalue weighted by Gasteiger charge is -2.30. The Kier molecular flexibility index (Phi) is 3.30. The Bertz CT molecular complexity index is 340. The molecule has 1 aliphatic carbocycles. The first-order chi connectivity index (χ1) is 7.67. The molecule has 0 amide bonds. The van der Waals surface area contributed by atoms with Gasteiger partial charge in [0, 0.05) is 25.2 Å². The molecule has 1 heterocycles. The summed E-state index contributed by atoms with van der Waals surface area (Å²) >= 11 is 0. The van der Waals surface area contributed by atoms with Gasteiger partial charge in [-0.1, -0.05) is 12.8 Å². The molecule has 0 aromatic carbocycles. The van der Waals surface area contributed by atoms with Crippen LogP contribution in [0.3, 0.4) is 0 Å². The van der Waals surface area contributed by atoms with E-state index >= 15 is 0 Å². The molecule has 0 saturated heterocycles. The standard InChI is InChI=1S/C12H21N3O/c1-15-7-11(6-14-15)5-12(8-13,9-16)4-10-2-3-10/h6-7,10,16H,2-5,8-9,13H2,1H3. The molecule has 1 aromatic heterocycles. The molecular formula is C12H21N3O. The predicted octanol–water partition coefficient (Wildman–Crippen LogP) is 0.700. The van der Waals surface area contributed by atoms with Gasteiger partial charge in [-0.2, -0.15) is 5.10 Å². The highest BCUT2D eigenvalue weighted by Gasteiger charge is 2.36. The minimum Gasteiger partial charge on any atom is -0.396 e. The summed E-state index contributed by atoms with van der Waals surface area (Å²) in [7, 11) is 1.91. The highest BCUT2D eigenvalue weighted by molar-refractivity contribution is 5.08. The largest absolute Gasteiger partial charge is 0.396 e. The molecule has 1 atom stereocenters. The quantitative estimate of drug-likeness (QED) is 0.746. The number of rotatable bonds is 6. The maximum Gasteiger partial charge on any atom is 0.0521 e. The molecule has 4 nitrogen and oxygen atoms in total. The van der Waals surface area contributed by atoms with Gasteiger partial charge in [0.15, 0.2) is 0 Å². The molecule has 1 fully saturated rings. The molecule has 16 heavy (non-hydrogen) atoms. The Balaban J connectivity index is 2.05. The predicted molar refractivity (Wildman–Crippen MR) is 62.8 cm³/mol. The molecule has 4 heteroatoms. The topological polar surface area (TPSA) is 64.1 Å². The number of aryl methyl sites for hydroxylation is 1. The van der Waals surface area contributed by atoms with Crippen LogP contribution in [0.15, 0.2) is 12.4 Å². The van der Waals surface area contributed by atoms with Crippen molar-refractivity contribution in [3.63, 3.8) is 0 Å². The highest BCUT2D eigenvalue weighted by Crippen LogP contribution is 2.41. The average Bonchev–Trinajstić information content (AvgIpc) is 3.00. The molecular weight excluding hydrogens is 202 g/mol. The van der Waals surface area contributed by atoms with Gasteiger partial charge >= 0.3 is 0 Å². The Morgan fingerprint density at radius 1 is 1.62 bits per heavy atom. The fourth-order valence-electron chi connectivity index (χ4n) is 2.34. The van der Waals surface area contributed by atoms with Gasteiger partial charge in [0.25, 0.3) is 0 Å². The Labute approximate surface area is 96.5 Å². The summed E-state index contributed by atoms with van der Waals surface area (Å²) in [5.41, 5.74) is 6.90. The molecule has 1 saturated carbocycles. The van der Waals surface area contributed by atoms with E-state index in [1.807, 2.05) is 19.4 Å². The summed E-state index contributed by atoms with van der Waals surface area (Å²) < 4.78 is 1.80. The zero-order valence-corrected chi connectivity index (χ0v) is 9.89. The van der Waals surface area contributed by atoms with Crippen molar-refractivity contribution in [2.45, 2.75) is 25.7 Å². The van der Waals surface area contributed by atoms with Crippen LogP contribution in [0.2, 0.25) is 0 Å². The van der Waals surface area contributed by atoms with Crippen LogP contribution in [-0.2, 0) is 13.5 Å². The van der Waals surface area contributed by atoms with Crippen LogP contribution in [0.4, 0.5) is 0 Å². The lowest BCUT2D eigenvalue weighted by Crippen LogP contribution is -2.37. The number of aliphatic hydroxyl groups is 1. The van der Waals surface area contributed by atoms with Gasteiger partial charge in [0.2, 0.25) is 0 Å². The monoisotopic (exact) mass is 223 g/mol. The van der Waals surface area contributed by atoms with Gasteiger partial charge in [-0.3, -0.25) is 4.68 Å². The Morgan fingerprint density at radius 2 is 2.38 bits per heavy atom. The van der Waals surface area contributed by atoms with Crippen molar-refractivity contribution < 1.29 is 5.11 Å². The third-order valence-electron chi connectivity index (χ3n) is 3.52. The van der Waals surface area contributed by atoms with Crippen LogP contribution < -0.4 is 5.73 Å². The number of hydrogen-bond donors (Lipinski definition) is 2. The highest BCUT2D eigenvalue weighted by atomic mass is 16.3. The van der Waals surface area contributed by atoms with Crippen molar-refractivity contribution in [2.24, 2.45) is 24.1 Å². The van der Waals surface area contributed by atoms with E-state index in [-0.39, 0.29) is 12.0 Å². The molecule has 1 unspecified atom stereocenters. The first kappa shape index (κ1) is 11.6. The Hall–Kier alpha value is -0.870. The third-order valence-corrected chi connectivity index (χ3v) is 3.52. The molecule has 1 aromatic rings. The van der Waals surface area contributed by atoms with Crippen molar-refractivity contribution in [1.82, 2.24) is 9.78 Å². The van der Waals surface area contributed by atoms with E-state index in [1.54, 1.807) is 4.68 Å². The van der Waals surface area contributed by atoms with E-state index in [4.69, 9.17) is 5.73 Å². The maximum absolute atomic E-state index is 9.61.